The van der Waals surface area contributed by atoms with Crippen LogP contribution in [0, 0.1) is 17.0 Å². The number of nitrogens with two attached hydrogens (primary N) is 1. The Balaban J connectivity index is 2.92. The maximum Gasteiger partial charge on any atom is 0.170 e. The van der Waals surface area contributed by atoms with Crippen molar-refractivity contribution in [2.45, 2.75) is 33.2 Å². The highest BCUT2D eigenvalue weighted by atomic mass is 19.1. The summed E-state index contributed by atoms with van der Waals surface area (Å²) in [5.41, 5.74) is 5.05. The van der Waals surface area contributed by atoms with Gasteiger partial charge in [0.1, 0.15) is 11.6 Å². The summed E-state index contributed by atoms with van der Waals surface area (Å²) >= 11 is 0. The lowest BCUT2D eigenvalue weighted by Crippen LogP contribution is -2.37. The van der Waals surface area contributed by atoms with Gasteiger partial charge in [0.15, 0.2) is 5.78 Å². The van der Waals surface area contributed by atoms with Crippen LogP contribution in [0.25, 0.3) is 0 Å². The Bertz CT molecular complexity index is 404. The van der Waals surface area contributed by atoms with Crippen LogP contribution < -0.4 is 5.73 Å². The second-order valence-corrected chi connectivity index (χ2v) is 5.20. The lowest BCUT2D eigenvalue weighted by molar-refractivity contribution is 0.0945. The molecule has 0 spiro atoms. The first kappa shape index (κ1) is 13.8. The molecule has 0 amide bonds. The molecule has 2 nitrogen and oxygen atoms in total. The zero-order valence-electron chi connectivity index (χ0n) is 10.3. The SMILES string of the molecule is CC(C)(C)C(N)CC(=O)c1c(F)cccc1F. The fourth-order valence-electron chi connectivity index (χ4n) is 1.37. The lowest BCUT2D eigenvalue weighted by Gasteiger charge is -2.26. The molecule has 0 aliphatic rings. The van der Waals surface area contributed by atoms with Gasteiger partial charge in [-0.15, -0.1) is 0 Å². The van der Waals surface area contributed by atoms with E-state index < -0.39 is 29.0 Å². The van der Waals surface area contributed by atoms with Crippen molar-refractivity contribution < 1.29 is 13.6 Å². The minimum absolute atomic E-state index is 0.0681. The summed E-state index contributed by atoms with van der Waals surface area (Å²) in [4.78, 5) is 11.8. The van der Waals surface area contributed by atoms with Crippen molar-refractivity contribution in [3.63, 3.8) is 0 Å². The minimum Gasteiger partial charge on any atom is -0.327 e. The van der Waals surface area contributed by atoms with Crippen LogP contribution in [0.2, 0.25) is 0 Å². The summed E-state index contributed by atoms with van der Waals surface area (Å²) in [5, 5.41) is 0. The normalized spacial score (nSPS) is 13.5. The van der Waals surface area contributed by atoms with Crippen molar-refractivity contribution in [1.82, 2.24) is 0 Å². The van der Waals surface area contributed by atoms with Gasteiger partial charge in [-0.1, -0.05) is 26.8 Å². The smallest absolute Gasteiger partial charge is 0.170 e. The molecule has 1 aromatic rings. The van der Waals surface area contributed by atoms with E-state index in [-0.39, 0.29) is 11.8 Å². The standard InChI is InChI=1S/C13H17F2NO/c1-13(2,3)11(16)7-10(17)12-8(14)5-4-6-9(12)15/h4-6,11H,7,16H2,1-3H3. The molecule has 0 saturated heterocycles. The predicted octanol–water partition coefficient (Wildman–Crippen LogP) is 2.91. The second kappa shape index (κ2) is 4.92. The van der Waals surface area contributed by atoms with Gasteiger partial charge in [-0.2, -0.15) is 0 Å². The highest BCUT2D eigenvalue weighted by Gasteiger charge is 2.26. The summed E-state index contributed by atoms with van der Waals surface area (Å²) in [7, 11) is 0. The molecular formula is C13H17F2NO. The summed E-state index contributed by atoms with van der Waals surface area (Å²) in [6.45, 7) is 5.63. The van der Waals surface area contributed by atoms with Gasteiger partial charge in [0.2, 0.25) is 0 Å². The van der Waals surface area contributed by atoms with Crippen LogP contribution in [-0.4, -0.2) is 11.8 Å². The Morgan fingerprint density at radius 2 is 1.76 bits per heavy atom. The van der Waals surface area contributed by atoms with Crippen molar-refractivity contribution in [2.24, 2.45) is 11.1 Å². The molecule has 0 bridgehead atoms. The zero-order chi connectivity index (χ0) is 13.2. The molecule has 4 heteroatoms. The third kappa shape index (κ3) is 3.33. The minimum atomic E-state index is -0.837. The van der Waals surface area contributed by atoms with Crippen LogP contribution in [0.4, 0.5) is 8.78 Å². The van der Waals surface area contributed by atoms with Crippen molar-refractivity contribution in [1.29, 1.82) is 0 Å². The van der Waals surface area contributed by atoms with E-state index in [0.29, 0.717) is 0 Å². The average molecular weight is 241 g/mol. The van der Waals surface area contributed by atoms with Crippen LogP contribution in [0.15, 0.2) is 18.2 Å². The first-order valence-corrected chi connectivity index (χ1v) is 5.46. The molecule has 0 saturated carbocycles. The number of ketones is 1. The number of rotatable bonds is 3. The van der Waals surface area contributed by atoms with Crippen molar-refractivity contribution in [3.05, 3.63) is 35.4 Å². The number of carbonyl (C=O) groups is 1. The van der Waals surface area contributed by atoms with Crippen LogP contribution in [0.3, 0.4) is 0 Å². The van der Waals surface area contributed by atoms with E-state index in [1.165, 1.54) is 6.07 Å². The number of Topliss-reactive ketones (excluding diaryl/α,β-unsaturated/α-hetero) is 1. The largest absolute Gasteiger partial charge is 0.327 e. The van der Waals surface area contributed by atoms with Crippen LogP contribution >= 0.6 is 0 Å². The third-order valence-electron chi connectivity index (χ3n) is 2.76. The summed E-state index contributed by atoms with van der Waals surface area (Å²) in [6.07, 6.45) is -0.0681. The Kier molecular flexibility index (Phi) is 3.98. The summed E-state index contributed by atoms with van der Waals surface area (Å²) in [6, 6.07) is 2.93. The molecule has 17 heavy (non-hydrogen) atoms. The molecule has 1 atom stereocenters. The van der Waals surface area contributed by atoms with E-state index in [9.17, 15) is 13.6 Å². The van der Waals surface area contributed by atoms with Gasteiger partial charge < -0.3 is 5.73 Å². The van der Waals surface area contributed by atoms with E-state index in [1.807, 2.05) is 20.8 Å². The number of carbonyl (C=O) groups excluding carboxylic acids is 1. The van der Waals surface area contributed by atoms with Gasteiger partial charge in [-0.25, -0.2) is 8.78 Å². The van der Waals surface area contributed by atoms with Crippen LogP contribution in [-0.2, 0) is 0 Å². The molecule has 2 N–H and O–H groups in total. The Labute approximate surface area is 99.8 Å². The first-order chi connectivity index (χ1) is 7.73. The predicted molar refractivity (Wildman–Crippen MR) is 62.7 cm³/mol. The van der Waals surface area contributed by atoms with Crippen LogP contribution in [0.1, 0.15) is 37.6 Å². The Hall–Kier alpha value is -1.29. The molecule has 1 aromatic carbocycles. The average Bonchev–Trinajstić information content (AvgIpc) is 2.15. The lowest BCUT2D eigenvalue weighted by atomic mass is 9.83. The Morgan fingerprint density at radius 1 is 1.29 bits per heavy atom. The van der Waals surface area contributed by atoms with E-state index in [2.05, 4.69) is 0 Å². The molecule has 1 rings (SSSR count). The third-order valence-corrected chi connectivity index (χ3v) is 2.76. The zero-order valence-corrected chi connectivity index (χ0v) is 10.3. The summed E-state index contributed by atoms with van der Waals surface area (Å²) < 4.78 is 26.7. The quantitative estimate of drug-likeness (QED) is 0.827. The highest BCUT2D eigenvalue weighted by molar-refractivity contribution is 5.97. The highest BCUT2D eigenvalue weighted by Crippen LogP contribution is 2.22. The van der Waals surface area contributed by atoms with E-state index >= 15 is 0 Å². The summed E-state index contributed by atoms with van der Waals surface area (Å²) in [5.74, 6) is -2.27. The van der Waals surface area contributed by atoms with Gasteiger partial charge >= 0.3 is 0 Å². The number of halogens is 2. The second-order valence-electron chi connectivity index (χ2n) is 5.20. The first-order valence-electron chi connectivity index (χ1n) is 5.46. The number of hydrogen-bond donors (Lipinski definition) is 1. The molecule has 0 heterocycles. The van der Waals surface area contributed by atoms with Gasteiger partial charge in [0.05, 0.1) is 5.56 Å². The number of benzene rings is 1. The van der Waals surface area contributed by atoms with Gasteiger partial charge in [-0.3, -0.25) is 4.79 Å². The van der Waals surface area contributed by atoms with Gasteiger partial charge in [0, 0.05) is 12.5 Å². The fraction of sp³-hybridized carbons (Fsp3) is 0.462. The maximum atomic E-state index is 13.3. The van der Waals surface area contributed by atoms with Crippen molar-refractivity contribution in [2.75, 3.05) is 0 Å². The molecule has 0 aromatic heterocycles. The maximum absolute atomic E-state index is 13.3. The van der Waals surface area contributed by atoms with E-state index in [4.69, 9.17) is 5.73 Å². The fourth-order valence-corrected chi connectivity index (χ4v) is 1.37. The van der Waals surface area contributed by atoms with Crippen molar-refractivity contribution >= 4 is 5.78 Å². The van der Waals surface area contributed by atoms with Crippen LogP contribution in [0.5, 0.6) is 0 Å². The van der Waals surface area contributed by atoms with Crippen molar-refractivity contribution in [3.8, 4) is 0 Å². The molecule has 0 aliphatic carbocycles. The van der Waals surface area contributed by atoms with E-state index in [0.717, 1.165) is 12.1 Å². The van der Waals surface area contributed by atoms with Gasteiger partial charge in [-0.05, 0) is 17.5 Å². The molecule has 1 unspecified atom stereocenters. The monoisotopic (exact) mass is 241 g/mol. The Morgan fingerprint density at radius 3 is 2.18 bits per heavy atom. The molecule has 94 valence electrons. The molecular weight excluding hydrogens is 224 g/mol. The molecule has 0 fully saturated rings. The van der Waals surface area contributed by atoms with Gasteiger partial charge in [0.25, 0.3) is 0 Å². The molecule has 0 radical (unpaired) electrons. The molecule has 0 aliphatic heterocycles. The topological polar surface area (TPSA) is 43.1 Å². The number of hydrogen-bond acceptors (Lipinski definition) is 2. The van der Waals surface area contributed by atoms with E-state index in [1.54, 1.807) is 0 Å².